The molecule has 236 valence electrons. The molecule has 2 aliphatic rings. The molecule has 0 unspecified atom stereocenters. The van der Waals surface area contributed by atoms with E-state index in [-0.39, 0.29) is 17.2 Å². The molecule has 1 aromatic heterocycles. The Morgan fingerprint density at radius 3 is 2.45 bits per heavy atom. The van der Waals surface area contributed by atoms with Crippen molar-refractivity contribution in [2.24, 2.45) is 0 Å². The van der Waals surface area contributed by atoms with Crippen LogP contribution < -0.4 is 15.5 Å². The van der Waals surface area contributed by atoms with Gasteiger partial charge in [0.1, 0.15) is 5.82 Å². The number of benzene rings is 2. The Morgan fingerprint density at radius 2 is 1.73 bits per heavy atom. The fraction of sp³-hybridized carbons (Fsp3) is 0.448. The summed E-state index contributed by atoms with van der Waals surface area (Å²) in [4.78, 5) is 32.3. The highest BCUT2D eigenvalue weighted by atomic mass is 19.4. The average molecular weight is 619 g/mol. The van der Waals surface area contributed by atoms with Gasteiger partial charge in [-0.2, -0.15) is 13.2 Å². The number of amides is 2. The van der Waals surface area contributed by atoms with E-state index in [4.69, 9.17) is 4.74 Å². The molecule has 0 bridgehead atoms. The van der Waals surface area contributed by atoms with Gasteiger partial charge in [0.2, 0.25) is 0 Å². The van der Waals surface area contributed by atoms with Crippen LogP contribution in [0.2, 0.25) is 0 Å². The molecule has 2 aliphatic heterocycles. The first-order chi connectivity index (χ1) is 21.1. The molecule has 3 aromatic rings. The van der Waals surface area contributed by atoms with Crippen molar-refractivity contribution in [1.82, 2.24) is 30.1 Å². The monoisotopic (exact) mass is 618 g/mol. The van der Waals surface area contributed by atoms with Crippen LogP contribution in [-0.4, -0.2) is 109 Å². The van der Waals surface area contributed by atoms with Crippen molar-refractivity contribution in [2.75, 3.05) is 82.8 Å². The second kappa shape index (κ2) is 13.7. The van der Waals surface area contributed by atoms with E-state index in [9.17, 15) is 27.2 Å². The van der Waals surface area contributed by atoms with Crippen LogP contribution in [0, 0.1) is 5.82 Å². The smallest absolute Gasteiger partial charge is 0.379 e. The van der Waals surface area contributed by atoms with Crippen molar-refractivity contribution >= 4 is 23.2 Å². The van der Waals surface area contributed by atoms with Crippen LogP contribution in [0.15, 0.2) is 42.6 Å². The van der Waals surface area contributed by atoms with E-state index in [1.807, 2.05) is 7.05 Å². The maximum atomic E-state index is 13.8. The van der Waals surface area contributed by atoms with Crippen LogP contribution in [0.4, 0.5) is 28.9 Å². The van der Waals surface area contributed by atoms with Crippen LogP contribution in [0.3, 0.4) is 0 Å². The van der Waals surface area contributed by atoms with Crippen molar-refractivity contribution in [1.29, 1.82) is 0 Å². The molecular weight excluding hydrogens is 584 g/mol. The lowest BCUT2D eigenvalue weighted by molar-refractivity contribution is -0.140. The Balaban J connectivity index is 1.32. The quantitative estimate of drug-likeness (QED) is 0.279. The number of piperazine rings is 1. The van der Waals surface area contributed by atoms with Gasteiger partial charge >= 0.3 is 6.18 Å². The number of nitrogens with one attached hydrogen (secondary N) is 2. The van der Waals surface area contributed by atoms with Crippen LogP contribution >= 0.6 is 0 Å². The molecule has 0 spiro atoms. The predicted octanol–water partition coefficient (Wildman–Crippen LogP) is 2.88. The standard InChI is InChI=1S/C29H34F4N8O3/c1-38-9-11-40(12-10-38)26-6-4-21(18-24(26)35-27(42)20-3-5-23(30)22(17-20)29(31,32)33)41-19-25(36-37-41)28(43)34-7-2-8-39-13-15-44-16-14-39/h3-6,17-19H,2,7-16H2,1H3,(H,34,43)(H,35,42). The minimum Gasteiger partial charge on any atom is -0.379 e. The van der Waals surface area contributed by atoms with Crippen molar-refractivity contribution in [3.8, 4) is 5.69 Å². The highest BCUT2D eigenvalue weighted by Crippen LogP contribution is 2.33. The number of carbonyl (C=O) groups is 2. The van der Waals surface area contributed by atoms with Crippen molar-refractivity contribution in [3.05, 3.63) is 65.2 Å². The molecule has 3 heterocycles. The summed E-state index contributed by atoms with van der Waals surface area (Å²) in [6.45, 7) is 7.35. The number of alkyl halides is 3. The summed E-state index contributed by atoms with van der Waals surface area (Å²) in [5, 5.41) is 13.6. The zero-order chi connectivity index (χ0) is 31.3. The first-order valence-corrected chi connectivity index (χ1v) is 14.3. The molecule has 2 aromatic carbocycles. The molecule has 2 N–H and O–H groups in total. The maximum Gasteiger partial charge on any atom is 0.419 e. The second-order valence-electron chi connectivity index (χ2n) is 10.8. The molecule has 0 aliphatic carbocycles. The third kappa shape index (κ3) is 7.70. The Labute approximate surface area is 251 Å². The fourth-order valence-electron chi connectivity index (χ4n) is 5.08. The summed E-state index contributed by atoms with van der Waals surface area (Å²) >= 11 is 0. The number of hydrogen-bond donors (Lipinski definition) is 2. The number of halogens is 4. The lowest BCUT2D eigenvalue weighted by Crippen LogP contribution is -2.44. The number of carbonyl (C=O) groups excluding carboxylic acids is 2. The number of likely N-dealkylation sites (N-methyl/N-ethyl adjacent to an activating group) is 1. The van der Waals surface area contributed by atoms with Crippen LogP contribution in [0.25, 0.3) is 5.69 Å². The van der Waals surface area contributed by atoms with E-state index in [0.29, 0.717) is 62.0 Å². The zero-order valence-electron chi connectivity index (χ0n) is 24.2. The van der Waals surface area contributed by atoms with Gasteiger partial charge in [-0.3, -0.25) is 14.5 Å². The van der Waals surface area contributed by atoms with Gasteiger partial charge in [-0.05, 0) is 56.4 Å². The number of ether oxygens (including phenoxy) is 1. The Kier molecular flexibility index (Phi) is 9.76. The van der Waals surface area contributed by atoms with Gasteiger partial charge in [-0.1, -0.05) is 5.21 Å². The molecular formula is C29H34F4N8O3. The zero-order valence-corrected chi connectivity index (χ0v) is 24.2. The lowest BCUT2D eigenvalue weighted by atomic mass is 10.1. The summed E-state index contributed by atoms with van der Waals surface area (Å²) in [6.07, 6.45) is -2.72. The molecule has 0 radical (unpaired) electrons. The first kappa shape index (κ1) is 31.3. The van der Waals surface area contributed by atoms with E-state index < -0.39 is 23.5 Å². The number of anilines is 2. The van der Waals surface area contributed by atoms with Crippen molar-refractivity contribution in [3.63, 3.8) is 0 Å². The third-order valence-electron chi connectivity index (χ3n) is 7.64. The largest absolute Gasteiger partial charge is 0.419 e. The third-order valence-corrected chi connectivity index (χ3v) is 7.64. The summed E-state index contributed by atoms with van der Waals surface area (Å²) in [5.74, 6) is -2.67. The molecule has 44 heavy (non-hydrogen) atoms. The Bertz CT molecular complexity index is 1470. The van der Waals surface area contributed by atoms with Gasteiger partial charge in [0.05, 0.1) is 42.0 Å². The Morgan fingerprint density at radius 1 is 0.977 bits per heavy atom. The fourth-order valence-corrected chi connectivity index (χ4v) is 5.08. The van der Waals surface area contributed by atoms with Crippen molar-refractivity contribution < 1.29 is 31.9 Å². The Hall–Kier alpha value is -4.08. The van der Waals surface area contributed by atoms with E-state index >= 15 is 0 Å². The summed E-state index contributed by atoms with van der Waals surface area (Å²) in [5.41, 5.74) is -0.316. The first-order valence-electron chi connectivity index (χ1n) is 14.3. The molecule has 2 amide bonds. The van der Waals surface area contributed by atoms with Gasteiger partial charge in [0.25, 0.3) is 11.8 Å². The summed E-state index contributed by atoms with van der Waals surface area (Å²) < 4.78 is 60.4. The number of nitrogens with zero attached hydrogens (tertiary/aromatic N) is 6. The highest BCUT2D eigenvalue weighted by molar-refractivity contribution is 6.06. The minimum atomic E-state index is -4.95. The SMILES string of the molecule is CN1CCN(c2ccc(-n3cc(C(=O)NCCCN4CCOCC4)nn3)cc2NC(=O)c2ccc(F)c(C(F)(F)F)c2)CC1. The van der Waals surface area contributed by atoms with Crippen LogP contribution in [-0.2, 0) is 10.9 Å². The maximum absolute atomic E-state index is 13.8. The number of rotatable bonds is 9. The summed E-state index contributed by atoms with van der Waals surface area (Å²) in [6, 6.07) is 7.26. The average Bonchev–Trinajstić information content (AvgIpc) is 3.51. The number of morpholine rings is 1. The molecule has 2 saturated heterocycles. The summed E-state index contributed by atoms with van der Waals surface area (Å²) in [7, 11) is 2.00. The predicted molar refractivity (Wildman–Crippen MR) is 155 cm³/mol. The van der Waals surface area contributed by atoms with Gasteiger partial charge < -0.3 is 25.2 Å². The van der Waals surface area contributed by atoms with E-state index in [1.54, 1.807) is 18.2 Å². The lowest BCUT2D eigenvalue weighted by Gasteiger charge is -2.35. The minimum absolute atomic E-state index is 0.107. The number of aromatic nitrogens is 3. The van der Waals surface area contributed by atoms with Gasteiger partial charge in [0, 0.05) is 51.4 Å². The van der Waals surface area contributed by atoms with E-state index in [2.05, 4.69) is 35.6 Å². The molecule has 5 rings (SSSR count). The normalized spacial score (nSPS) is 16.6. The topological polar surface area (TPSA) is 108 Å². The molecule has 11 nitrogen and oxygen atoms in total. The van der Waals surface area contributed by atoms with Crippen LogP contribution in [0.5, 0.6) is 0 Å². The van der Waals surface area contributed by atoms with Gasteiger partial charge in [-0.25, -0.2) is 9.07 Å². The molecule has 2 fully saturated rings. The molecule has 0 atom stereocenters. The molecule has 15 heteroatoms. The van der Waals surface area contributed by atoms with E-state index in [1.165, 1.54) is 10.9 Å². The highest BCUT2D eigenvalue weighted by Gasteiger charge is 2.35. The van der Waals surface area contributed by atoms with Gasteiger partial charge in [0.15, 0.2) is 5.69 Å². The van der Waals surface area contributed by atoms with E-state index in [0.717, 1.165) is 45.2 Å². The second-order valence-corrected chi connectivity index (χ2v) is 10.8. The van der Waals surface area contributed by atoms with Crippen LogP contribution in [0.1, 0.15) is 32.8 Å². The number of hydrogen-bond acceptors (Lipinski definition) is 8. The van der Waals surface area contributed by atoms with Crippen molar-refractivity contribution in [2.45, 2.75) is 12.6 Å². The van der Waals surface area contributed by atoms with Gasteiger partial charge in [-0.15, -0.1) is 5.10 Å². The molecule has 0 saturated carbocycles.